The molecule has 0 saturated heterocycles. The molecule has 2 aromatic carbocycles. The molecule has 0 radical (unpaired) electrons. The maximum atomic E-state index is 12.5. The molecule has 6 aromatic rings. The number of aromatic amines is 2. The fourth-order valence-corrected chi connectivity index (χ4v) is 6.94. The molecule has 2 atom stereocenters. The highest BCUT2D eigenvalue weighted by Gasteiger charge is 2.18. The predicted molar refractivity (Wildman–Crippen MR) is 209 cm³/mol. The van der Waals surface area contributed by atoms with Crippen molar-refractivity contribution in [2.24, 2.45) is 0 Å². The smallest absolute Gasteiger partial charge is 0.328 e. The lowest BCUT2D eigenvalue weighted by atomic mass is 10.0. The number of nitrogens with two attached hydrogens (primary N) is 2. The number of nitrogens with zero attached hydrogens (tertiary/aromatic N) is 6. The molecule has 16 heteroatoms. The predicted octanol–water partition coefficient (Wildman–Crippen LogP) is 3.05. The Labute approximate surface area is 310 Å². The number of hydrogen-bond donors (Lipinski definition) is 8. The van der Waals surface area contributed by atoms with Gasteiger partial charge >= 0.3 is 11.4 Å². The Morgan fingerprint density at radius 3 is 1.80 bits per heavy atom. The maximum Gasteiger partial charge on any atom is 0.328 e. The first-order chi connectivity index (χ1) is 26.3. The number of aliphatic hydroxyl groups is 2. The van der Waals surface area contributed by atoms with Crippen LogP contribution in [-0.2, 0) is 25.9 Å². The minimum absolute atomic E-state index is 0.0119. The van der Waals surface area contributed by atoms with E-state index < -0.39 is 0 Å². The molecule has 4 aromatic heterocycles. The zero-order chi connectivity index (χ0) is 37.6. The average molecular weight is 735 g/mol. The van der Waals surface area contributed by atoms with E-state index in [-0.39, 0.29) is 48.3 Å². The molecule has 8 bridgehead atoms. The number of aryl methyl sites for hydroxylation is 1. The van der Waals surface area contributed by atoms with Gasteiger partial charge in [-0.1, -0.05) is 73.5 Å². The van der Waals surface area contributed by atoms with Crippen LogP contribution in [0.4, 0.5) is 23.5 Å². The van der Waals surface area contributed by atoms with E-state index in [1.165, 1.54) is 11.1 Å². The number of aromatic nitrogens is 8. The molecule has 10 N–H and O–H groups in total. The fourth-order valence-electron chi connectivity index (χ4n) is 6.94. The Balaban J connectivity index is 0.000000167. The lowest BCUT2D eigenvalue weighted by Crippen LogP contribution is -2.25. The molecular weight excluding hydrogens is 688 g/mol. The molecule has 2 unspecified atom stereocenters. The number of rotatable bonds is 2. The minimum atomic E-state index is -0.281. The van der Waals surface area contributed by atoms with Gasteiger partial charge in [-0.25, -0.2) is 9.59 Å². The molecule has 2 aliphatic rings. The van der Waals surface area contributed by atoms with Crippen LogP contribution < -0.4 is 33.5 Å². The molecule has 0 spiro atoms. The molecule has 0 saturated carbocycles. The van der Waals surface area contributed by atoms with Gasteiger partial charge in [0, 0.05) is 0 Å². The standard InChI is InChI=1S/C19H24N6O2.C19H22N6O2/c2*20-16-15-17-24-18(23-16)21-14(11-26)8-3-1-2-5-12-6-4-7-13(9-12)10-25(17)19(27)22-15/h4,6-7,9,14,26H,1-3,5,8,10-11H2,(H,22,27)(H3,20,21,23,24);1-2,4,6-7,9,14,26H,3,5,8,10-11H2,(H,22,27)(H3,20,21,23,24)/b;2-1+. The SMILES string of the molecule is Nc1nc2nc3c1[nH]c(=O)n3Cc1cccc(c1)C/C=C/CCC(CO)N2.Nc1nc2nc3c1[nH]c(=O)n3Cc1cccc(c1)CCCCCC(CO)N2. The number of anilines is 4. The first-order valence-corrected chi connectivity index (χ1v) is 18.4. The number of imidazole rings is 2. The second-order valence-electron chi connectivity index (χ2n) is 13.8. The van der Waals surface area contributed by atoms with Crippen LogP contribution in [0.3, 0.4) is 0 Å². The fraction of sp³-hybridized carbons (Fsp3) is 0.368. The van der Waals surface area contributed by atoms with Gasteiger partial charge in [0.1, 0.15) is 11.0 Å². The summed E-state index contributed by atoms with van der Waals surface area (Å²) in [6.07, 6.45) is 11.6. The summed E-state index contributed by atoms with van der Waals surface area (Å²) in [6, 6.07) is 16.1. The van der Waals surface area contributed by atoms with E-state index in [1.807, 2.05) is 24.3 Å². The van der Waals surface area contributed by atoms with Gasteiger partial charge in [-0.2, -0.15) is 19.9 Å². The lowest BCUT2D eigenvalue weighted by molar-refractivity contribution is 0.266. The zero-order valence-electron chi connectivity index (χ0n) is 30.0. The van der Waals surface area contributed by atoms with Crippen molar-refractivity contribution in [2.45, 2.75) is 76.5 Å². The Hall–Kier alpha value is -6.00. The van der Waals surface area contributed by atoms with Crippen LogP contribution >= 0.6 is 0 Å². The largest absolute Gasteiger partial charge is 0.394 e. The van der Waals surface area contributed by atoms with E-state index in [0.717, 1.165) is 62.5 Å². The van der Waals surface area contributed by atoms with Crippen LogP contribution in [0.5, 0.6) is 0 Å². The Kier molecular flexibility index (Phi) is 11.0. The topological polar surface area (TPSA) is 244 Å². The number of benzene rings is 2. The summed E-state index contributed by atoms with van der Waals surface area (Å²) in [5.41, 5.74) is 17.8. The quantitative estimate of drug-likeness (QED) is 0.120. The van der Waals surface area contributed by atoms with Crippen LogP contribution in [-0.4, -0.2) is 74.5 Å². The second kappa shape index (κ2) is 16.3. The van der Waals surface area contributed by atoms with Gasteiger partial charge in [-0.3, -0.25) is 9.13 Å². The first kappa shape index (κ1) is 36.4. The molecule has 0 amide bonds. The summed E-state index contributed by atoms with van der Waals surface area (Å²) in [5, 5.41) is 25.6. The summed E-state index contributed by atoms with van der Waals surface area (Å²) < 4.78 is 3.13. The van der Waals surface area contributed by atoms with Crippen LogP contribution in [0.1, 0.15) is 60.8 Å². The Morgan fingerprint density at radius 2 is 1.20 bits per heavy atom. The van der Waals surface area contributed by atoms with E-state index in [1.54, 1.807) is 9.13 Å². The van der Waals surface area contributed by atoms with Crippen LogP contribution in [0.25, 0.3) is 22.3 Å². The third kappa shape index (κ3) is 8.29. The van der Waals surface area contributed by atoms with Gasteiger partial charge in [0.2, 0.25) is 11.9 Å². The van der Waals surface area contributed by atoms with Crippen LogP contribution in [0, 0.1) is 0 Å². The van der Waals surface area contributed by atoms with Crippen molar-refractivity contribution < 1.29 is 10.2 Å². The molecule has 54 heavy (non-hydrogen) atoms. The monoisotopic (exact) mass is 734 g/mol. The van der Waals surface area contributed by atoms with Crippen LogP contribution in [0.15, 0.2) is 70.3 Å². The molecule has 0 aliphatic carbocycles. The van der Waals surface area contributed by atoms with Gasteiger partial charge in [0.25, 0.3) is 0 Å². The van der Waals surface area contributed by atoms with Crippen molar-refractivity contribution in [1.29, 1.82) is 0 Å². The van der Waals surface area contributed by atoms with Gasteiger partial charge in [0.05, 0.1) is 38.4 Å². The Bertz CT molecular complexity index is 2390. The van der Waals surface area contributed by atoms with Crippen LogP contribution in [0.2, 0.25) is 0 Å². The molecule has 8 rings (SSSR count). The van der Waals surface area contributed by atoms with Crippen molar-refractivity contribution in [2.75, 3.05) is 35.3 Å². The summed E-state index contributed by atoms with van der Waals surface area (Å²) in [4.78, 5) is 47.9. The van der Waals surface area contributed by atoms with Gasteiger partial charge < -0.3 is 42.3 Å². The number of hydrogen-bond acceptors (Lipinski definition) is 12. The normalized spacial score (nSPS) is 18.3. The van der Waals surface area contributed by atoms with Crippen molar-refractivity contribution in [3.05, 3.63) is 104 Å². The highest BCUT2D eigenvalue weighted by atomic mass is 16.3. The van der Waals surface area contributed by atoms with Crippen molar-refractivity contribution in [3.8, 4) is 0 Å². The summed E-state index contributed by atoms with van der Waals surface area (Å²) in [6.45, 7) is 0.736. The number of aliphatic hydroxyl groups excluding tert-OH is 2. The lowest BCUT2D eigenvalue weighted by Gasteiger charge is -2.16. The Morgan fingerprint density at radius 1 is 0.667 bits per heavy atom. The van der Waals surface area contributed by atoms with Gasteiger partial charge in [-0.05, 0) is 60.8 Å². The first-order valence-electron chi connectivity index (χ1n) is 18.4. The van der Waals surface area contributed by atoms with Crippen molar-refractivity contribution >= 4 is 45.9 Å². The number of nitrogens with one attached hydrogen (secondary N) is 4. The molecule has 282 valence electrons. The summed E-state index contributed by atoms with van der Waals surface area (Å²) >= 11 is 0. The van der Waals surface area contributed by atoms with E-state index >= 15 is 0 Å². The number of allylic oxidation sites excluding steroid dienone is 2. The van der Waals surface area contributed by atoms with Gasteiger partial charge in [-0.15, -0.1) is 0 Å². The second-order valence-corrected chi connectivity index (χ2v) is 13.8. The average Bonchev–Trinajstić information content (AvgIpc) is 3.65. The molecule has 6 heterocycles. The van der Waals surface area contributed by atoms with Crippen molar-refractivity contribution in [3.63, 3.8) is 0 Å². The summed E-state index contributed by atoms with van der Waals surface area (Å²) in [5.74, 6) is 1.05. The molecule has 0 fully saturated rings. The molecule has 16 nitrogen and oxygen atoms in total. The zero-order valence-corrected chi connectivity index (χ0v) is 30.0. The highest BCUT2D eigenvalue weighted by Crippen LogP contribution is 2.22. The third-order valence-electron chi connectivity index (χ3n) is 9.79. The molecular formula is C38H46N12O4. The maximum absolute atomic E-state index is 12.5. The van der Waals surface area contributed by atoms with E-state index in [0.29, 0.717) is 47.3 Å². The highest BCUT2D eigenvalue weighted by molar-refractivity contribution is 5.83. The van der Waals surface area contributed by atoms with Crippen molar-refractivity contribution in [1.82, 2.24) is 39.0 Å². The van der Waals surface area contributed by atoms with E-state index in [2.05, 4.69) is 77.0 Å². The molecule has 2 aliphatic heterocycles. The number of H-pyrrole nitrogens is 2. The number of fused-ring (bicyclic) bond motifs is 6. The number of nitrogen functional groups attached to an aromatic ring is 2. The minimum Gasteiger partial charge on any atom is -0.394 e. The van der Waals surface area contributed by atoms with E-state index in [9.17, 15) is 19.8 Å². The van der Waals surface area contributed by atoms with Gasteiger partial charge in [0.15, 0.2) is 22.9 Å². The van der Waals surface area contributed by atoms with E-state index in [4.69, 9.17) is 11.5 Å². The third-order valence-corrected chi connectivity index (χ3v) is 9.79. The summed E-state index contributed by atoms with van der Waals surface area (Å²) in [7, 11) is 0.